The molecule has 0 aliphatic rings. The molecule has 3 N–H and O–H groups in total. The van der Waals surface area contributed by atoms with Crippen LogP contribution in [0, 0.1) is 10.1 Å². The number of primary amides is 1. The summed E-state index contributed by atoms with van der Waals surface area (Å²) in [6.45, 7) is 3.20. The quantitative estimate of drug-likeness (QED) is 0.609. The third-order valence-corrected chi connectivity index (χ3v) is 2.17. The fraction of sp³-hybridized carbons (Fsp3) is 0.273. The number of hydrogen-bond acceptors (Lipinski definition) is 5. The van der Waals surface area contributed by atoms with E-state index < -0.39 is 22.4 Å². The number of nitro groups is 1. The summed E-state index contributed by atoms with van der Waals surface area (Å²) in [7, 11) is 0. The van der Waals surface area contributed by atoms with Crippen molar-refractivity contribution in [2.75, 3.05) is 11.9 Å². The fourth-order valence-corrected chi connectivity index (χ4v) is 1.48. The molecule has 8 heteroatoms. The van der Waals surface area contributed by atoms with E-state index in [1.165, 1.54) is 6.92 Å². The van der Waals surface area contributed by atoms with Gasteiger partial charge in [0.25, 0.3) is 11.6 Å². The van der Waals surface area contributed by atoms with Gasteiger partial charge in [-0.1, -0.05) is 0 Å². The average molecular weight is 267 g/mol. The monoisotopic (exact) mass is 267 g/mol. The third kappa shape index (κ3) is 3.41. The molecule has 1 rings (SSSR count). The highest BCUT2D eigenvalue weighted by atomic mass is 16.6. The van der Waals surface area contributed by atoms with Crippen LogP contribution in [0.5, 0.6) is 5.75 Å². The summed E-state index contributed by atoms with van der Waals surface area (Å²) in [4.78, 5) is 32.4. The number of rotatable bonds is 5. The lowest BCUT2D eigenvalue weighted by molar-refractivity contribution is -0.385. The normalized spacial score (nSPS) is 9.79. The molecule has 0 saturated carbocycles. The van der Waals surface area contributed by atoms with Crippen LogP contribution in [0.2, 0.25) is 0 Å². The molecule has 1 aromatic carbocycles. The minimum absolute atomic E-state index is 0.106. The summed E-state index contributed by atoms with van der Waals surface area (Å²) >= 11 is 0. The molecular weight excluding hydrogens is 254 g/mol. The number of anilines is 1. The van der Waals surface area contributed by atoms with E-state index in [0.29, 0.717) is 0 Å². The number of amides is 2. The van der Waals surface area contributed by atoms with Crippen LogP contribution in [0.15, 0.2) is 12.1 Å². The van der Waals surface area contributed by atoms with Gasteiger partial charge in [0.05, 0.1) is 23.3 Å². The highest BCUT2D eigenvalue weighted by molar-refractivity contribution is 6.00. The number of ether oxygens (including phenoxy) is 1. The number of carbonyl (C=O) groups excluding carboxylic acids is 2. The first-order valence-corrected chi connectivity index (χ1v) is 5.39. The summed E-state index contributed by atoms with van der Waals surface area (Å²) in [6.07, 6.45) is 0. The smallest absolute Gasteiger partial charge is 0.285 e. The van der Waals surface area contributed by atoms with Gasteiger partial charge in [0.1, 0.15) is 11.3 Å². The molecule has 0 atom stereocenters. The van der Waals surface area contributed by atoms with E-state index in [9.17, 15) is 19.7 Å². The molecule has 102 valence electrons. The van der Waals surface area contributed by atoms with E-state index in [-0.39, 0.29) is 23.6 Å². The van der Waals surface area contributed by atoms with E-state index in [1.54, 1.807) is 6.92 Å². The number of nitrogens with one attached hydrogen (secondary N) is 1. The summed E-state index contributed by atoms with van der Waals surface area (Å²) in [5.41, 5.74) is 4.48. The first-order chi connectivity index (χ1) is 8.86. The largest absolute Gasteiger partial charge is 0.491 e. The van der Waals surface area contributed by atoms with Crippen molar-refractivity contribution in [1.82, 2.24) is 0 Å². The van der Waals surface area contributed by atoms with Gasteiger partial charge in [-0.3, -0.25) is 19.7 Å². The van der Waals surface area contributed by atoms with E-state index >= 15 is 0 Å². The molecule has 1 aromatic rings. The van der Waals surface area contributed by atoms with Crippen LogP contribution in [0.4, 0.5) is 11.4 Å². The third-order valence-electron chi connectivity index (χ3n) is 2.17. The van der Waals surface area contributed by atoms with E-state index in [1.807, 2.05) is 0 Å². The van der Waals surface area contributed by atoms with Gasteiger partial charge in [-0.2, -0.15) is 0 Å². The van der Waals surface area contributed by atoms with E-state index in [0.717, 1.165) is 12.1 Å². The highest BCUT2D eigenvalue weighted by Crippen LogP contribution is 2.33. The van der Waals surface area contributed by atoms with Gasteiger partial charge >= 0.3 is 0 Å². The fourth-order valence-electron chi connectivity index (χ4n) is 1.48. The Bertz CT molecular complexity index is 541. The van der Waals surface area contributed by atoms with Gasteiger partial charge in [-0.25, -0.2) is 0 Å². The highest BCUT2D eigenvalue weighted by Gasteiger charge is 2.22. The molecule has 0 aromatic heterocycles. The van der Waals surface area contributed by atoms with Crippen molar-refractivity contribution in [1.29, 1.82) is 0 Å². The van der Waals surface area contributed by atoms with Crippen molar-refractivity contribution in [3.8, 4) is 5.75 Å². The Morgan fingerprint density at radius 3 is 2.53 bits per heavy atom. The second-order valence-electron chi connectivity index (χ2n) is 3.60. The second-order valence-corrected chi connectivity index (χ2v) is 3.60. The number of hydrogen-bond donors (Lipinski definition) is 2. The maximum absolute atomic E-state index is 11.2. The maximum Gasteiger partial charge on any atom is 0.285 e. The van der Waals surface area contributed by atoms with Gasteiger partial charge < -0.3 is 15.8 Å². The van der Waals surface area contributed by atoms with E-state index in [4.69, 9.17) is 10.5 Å². The van der Waals surface area contributed by atoms with Crippen molar-refractivity contribution in [3.63, 3.8) is 0 Å². The first kappa shape index (κ1) is 14.4. The molecule has 0 saturated heterocycles. The van der Waals surface area contributed by atoms with Crippen LogP contribution >= 0.6 is 0 Å². The van der Waals surface area contributed by atoms with Crippen molar-refractivity contribution in [2.45, 2.75) is 13.8 Å². The zero-order valence-electron chi connectivity index (χ0n) is 10.4. The SMILES string of the molecule is CCOc1cc([N+](=O)[O-])c(C(N)=O)cc1NC(C)=O. The number of nitrogens with two attached hydrogens (primary N) is 1. The minimum Gasteiger partial charge on any atom is -0.491 e. The molecule has 0 spiro atoms. The lowest BCUT2D eigenvalue weighted by atomic mass is 10.1. The van der Waals surface area contributed by atoms with Crippen LogP contribution in [0.1, 0.15) is 24.2 Å². The second kappa shape index (κ2) is 5.80. The summed E-state index contributed by atoms with van der Waals surface area (Å²) in [5.74, 6) is -1.25. The Morgan fingerprint density at radius 1 is 1.47 bits per heavy atom. The maximum atomic E-state index is 11.2. The van der Waals surface area contributed by atoms with Crippen LogP contribution in [-0.2, 0) is 4.79 Å². The Labute approximate surface area is 108 Å². The van der Waals surface area contributed by atoms with Crippen molar-refractivity contribution in [2.24, 2.45) is 5.73 Å². The van der Waals surface area contributed by atoms with Gasteiger partial charge in [-0.15, -0.1) is 0 Å². The molecular formula is C11H13N3O5. The Morgan fingerprint density at radius 2 is 2.11 bits per heavy atom. The lowest BCUT2D eigenvalue weighted by Gasteiger charge is -2.11. The summed E-state index contributed by atoms with van der Waals surface area (Å²) in [5, 5.41) is 13.3. The van der Waals surface area contributed by atoms with Crippen LogP contribution in [0.25, 0.3) is 0 Å². The molecule has 0 aliphatic carbocycles. The number of nitrogens with zero attached hydrogens (tertiary/aromatic N) is 1. The Hall–Kier alpha value is -2.64. The summed E-state index contributed by atoms with van der Waals surface area (Å²) in [6, 6.07) is 2.20. The molecule has 2 amide bonds. The van der Waals surface area contributed by atoms with Crippen LogP contribution < -0.4 is 15.8 Å². The number of carbonyl (C=O) groups is 2. The minimum atomic E-state index is -0.957. The van der Waals surface area contributed by atoms with Gasteiger partial charge in [0.15, 0.2) is 0 Å². The predicted octanol–water partition coefficient (Wildman–Crippen LogP) is 1.05. The van der Waals surface area contributed by atoms with Gasteiger partial charge in [-0.05, 0) is 13.0 Å². The van der Waals surface area contributed by atoms with Gasteiger partial charge in [0, 0.05) is 6.92 Å². The van der Waals surface area contributed by atoms with Crippen LogP contribution in [-0.4, -0.2) is 23.3 Å². The van der Waals surface area contributed by atoms with Crippen molar-refractivity contribution in [3.05, 3.63) is 27.8 Å². The van der Waals surface area contributed by atoms with Crippen molar-refractivity contribution < 1.29 is 19.2 Å². The Kier molecular flexibility index (Phi) is 4.41. The predicted molar refractivity (Wildman–Crippen MR) is 67.1 cm³/mol. The van der Waals surface area contributed by atoms with Crippen LogP contribution in [0.3, 0.4) is 0 Å². The van der Waals surface area contributed by atoms with E-state index in [2.05, 4.69) is 5.32 Å². The molecule has 8 nitrogen and oxygen atoms in total. The molecule has 0 radical (unpaired) electrons. The number of nitro benzene ring substituents is 1. The number of benzene rings is 1. The molecule has 0 unspecified atom stereocenters. The topological polar surface area (TPSA) is 125 Å². The molecule has 0 heterocycles. The molecule has 0 fully saturated rings. The Balaban J connectivity index is 3.44. The summed E-state index contributed by atoms with van der Waals surface area (Å²) < 4.78 is 5.19. The zero-order valence-corrected chi connectivity index (χ0v) is 10.4. The standard InChI is InChI=1S/C11H13N3O5/c1-3-19-10-5-9(14(17)18)7(11(12)16)4-8(10)13-6(2)15/h4-5H,3H2,1-2H3,(H2,12,16)(H,13,15). The lowest BCUT2D eigenvalue weighted by Crippen LogP contribution is -2.15. The molecule has 0 aliphatic heterocycles. The zero-order chi connectivity index (χ0) is 14.6. The first-order valence-electron chi connectivity index (χ1n) is 5.39. The van der Waals surface area contributed by atoms with Gasteiger partial charge in [0.2, 0.25) is 5.91 Å². The molecule has 0 bridgehead atoms. The van der Waals surface area contributed by atoms with Crippen molar-refractivity contribution >= 4 is 23.2 Å². The average Bonchev–Trinajstić information content (AvgIpc) is 2.29. The molecule has 19 heavy (non-hydrogen) atoms.